The number of nitrogens with zero attached hydrogens (tertiary/aromatic N) is 2. The first kappa shape index (κ1) is 17.3. The van der Waals surface area contributed by atoms with E-state index in [1.807, 2.05) is 0 Å². The van der Waals surface area contributed by atoms with Crippen LogP contribution in [-0.4, -0.2) is 13.5 Å². The number of hydrogen-bond donors (Lipinski definition) is 2. The maximum Gasteiger partial charge on any atom is 0.573 e. The van der Waals surface area contributed by atoms with E-state index in [2.05, 4.69) is 26.9 Å². The van der Waals surface area contributed by atoms with Gasteiger partial charge in [-0.25, -0.2) is 0 Å². The molecule has 120 valence electrons. The second kappa shape index (κ2) is 7.34. The van der Waals surface area contributed by atoms with Crippen molar-refractivity contribution in [1.82, 2.24) is 0 Å². The van der Waals surface area contributed by atoms with Crippen molar-refractivity contribution in [3.8, 4) is 5.75 Å². The van der Waals surface area contributed by atoms with Crippen LogP contribution in [0, 0.1) is 0 Å². The standard InChI is InChI=1S/C13H15F3N4O2/c1-4-12(20-19-8(2)21-3)18-11-6-5-9(7-10(11)17)22-13(14,15)16/h4-7,18H,2,17H2,1,3H3/b12-4-,20-19?. The monoisotopic (exact) mass is 316 g/mol. The van der Waals surface area contributed by atoms with Gasteiger partial charge in [0.2, 0.25) is 5.88 Å². The zero-order chi connectivity index (χ0) is 16.8. The van der Waals surface area contributed by atoms with Gasteiger partial charge in [-0.05, 0) is 31.7 Å². The molecule has 0 bridgehead atoms. The number of benzene rings is 1. The number of alkyl halides is 3. The van der Waals surface area contributed by atoms with Crippen molar-refractivity contribution in [2.45, 2.75) is 13.3 Å². The molecule has 0 atom stereocenters. The average molecular weight is 316 g/mol. The second-order valence-electron chi connectivity index (χ2n) is 3.89. The summed E-state index contributed by atoms with van der Waals surface area (Å²) >= 11 is 0. The van der Waals surface area contributed by atoms with Gasteiger partial charge in [0.1, 0.15) is 11.6 Å². The Morgan fingerprint density at radius 3 is 2.55 bits per heavy atom. The number of rotatable bonds is 6. The Morgan fingerprint density at radius 1 is 1.36 bits per heavy atom. The van der Waals surface area contributed by atoms with Gasteiger partial charge in [-0.3, -0.25) is 0 Å². The molecule has 0 saturated carbocycles. The molecule has 0 aliphatic rings. The zero-order valence-electron chi connectivity index (χ0n) is 11.9. The smallest absolute Gasteiger partial charge is 0.480 e. The molecule has 1 aromatic carbocycles. The summed E-state index contributed by atoms with van der Waals surface area (Å²) in [6.07, 6.45) is -3.18. The van der Waals surface area contributed by atoms with Gasteiger partial charge in [-0.15, -0.1) is 23.4 Å². The molecule has 0 radical (unpaired) electrons. The third-order valence-corrected chi connectivity index (χ3v) is 2.30. The first-order valence-corrected chi connectivity index (χ1v) is 5.98. The summed E-state index contributed by atoms with van der Waals surface area (Å²) in [7, 11) is 1.39. The molecule has 0 aliphatic heterocycles. The number of nitrogens with two attached hydrogens (primary N) is 1. The van der Waals surface area contributed by atoms with Crippen molar-refractivity contribution in [1.29, 1.82) is 0 Å². The highest BCUT2D eigenvalue weighted by atomic mass is 19.4. The van der Waals surface area contributed by atoms with E-state index < -0.39 is 12.1 Å². The van der Waals surface area contributed by atoms with Crippen molar-refractivity contribution >= 4 is 11.4 Å². The number of azo groups is 1. The second-order valence-corrected chi connectivity index (χ2v) is 3.89. The number of halogens is 3. The fourth-order valence-electron chi connectivity index (χ4n) is 1.30. The van der Waals surface area contributed by atoms with E-state index >= 15 is 0 Å². The van der Waals surface area contributed by atoms with Crippen LogP contribution in [0.3, 0.4) is 0 Å². The molecule has 22 heavy (non-hydrogen) atoms. The molecule has 0 amide bonds. The molecule has 1 aromatic rings. The number of hydrogen-bond acceptors (Lipinski definition) is 6. The fourth-order valence-corrected chi connectivity index (χ4v) is 1.30. The van der Waals surface area contributed by atoms with Crippen molar-refractivity contribution in [3.05, 3.63) is 42.6 Å². The molecule has 0 aromatic heterocycles. The predicted octanol–water partition coefficient (Wildman–Crippen LogP) is 4.01. The third kappa shape index (κ3) is 5.73. The molecule has 9 heteroatoms. The van der Waals surface area contributed by atoms with Gasteiger partial charge in [-0.1, -0.05) is 0 Å². The van der Waals surface area contributed by atoms with Crippen molar-refractivity contribution in [2.24, 2.45) is 10.2 Å². The topological polar surface area (TPSA) is 81.2 Å². The van der Waals surface area contributed by atoms with Crippen LogP contribution in [0.4, 0.5) is 24.5 Å². The molecule has 3 N–H and O–H groups in total. The van der Waals surface area contributed by atoms with Crippen LogP contribution in [0.1, 0.15) is 6.92 Å². The highest BCUT2D eigenvalue weighted by Gasteiger charge is 2.31. The highest BCUT2D eigenvalue weighted by molar-refractivity contribution is 5.69. The van der Waals surface area contributed by atoms with Gasteiger partial charge in [0.15, 0.2) is 0 Å². The van der Waals surface area contributed by atoms with Crippen LogP contribution in [0.2, 0.25) is 0 Å². The Balaban J connectivity index is 2.85. The van der Waals surface area contributed by atoms with Crippen LogP contribution in [-0.2, 0) is 4.74 Å². The molecule has 0 fully saturated rings. The molecule has 0 heterocycles. The number of ether oxygens (including phenoxy) is 2. The SMILES string of the molecule is C=C(N=N/C(=C\C)Nc1ccc(OC(F)(F)F)cc1N)OC. The Labute approximate surface area is 125 Å². The summed E-state index contributed by atoms with van der Waals surface area (Å²) in [5, 5.41) is 10.3. The predicted molar refractivity (Wildman–Crippen MR) is 75.9 cm³/mol. The number of methoxy groups -OCH3 is 1. The maximum atomic E-state index is 12.1. The summed E-state index contributed by atoms with van der Waals surface area (Å²) < 4.78 is 44.8. The molecule has 0 spiro atoms. The summed E-state index contributed by atoms with van der Waals surface area (Å²) in [6.45, 7) is 5.15. The zero-order valence-corrected chi connectivity index (χ0v) is 11.9. The van der Waals surface area contributed by atoms with Gasteiger partial charge in [0, 0.05) is 6.07 Å². The number of nitrogens with one attached hydrogen (secondary N) is 1. The first-order valence-electron chi connectivity index (χ1n) is 5.98. The Bertz CT molecular complexity index is 597. The van der Waals surface area contributed by atoms with Gasteiger partial charge in [0.05, 0.1) is 18.5 Å². The lowest BCUT2D eigenvalue weighted by atomic mass is 10.2. The normalized spacial score (nSPS) is 12.3. The molecule has 0 saturated heterocycles. The summed E-state index contributed by atoms with van der Waals surface area (Å²) in [4.78, 5) is 0. The Kier molecular flexibility index (Phi) is 5.79. The molecule has 0 unspecified atom stereocenters. The lowest BCUT2D eigenvalue weighted by Gasteiger charge is -2.12. The van der Waals surface area contributed by atoms with E-state index in [0.717, 1.165) is 12.1 Å². The molecular formula is C13H15F3N4O2. The van der Waals surface area contributed by atoms with E-state index in [0.29, 0.717) is 11.5 Å². The molecular weight excluding hydrogens is 301 g/mol. The Hall–Kier alpha value is -2.71. The quantitative estimate of drug-likeness (QED) is 0.472. The van der Waals surface area contributed by atoms with E-state index in [9.17, 15) is 13.2 Å². The average Bonchev–Trinajstić information content (AvgIpc) is 2.43. The minimum atomic E-state index is -4.77. The number of nitrogen functional groups attached to an aromatic ring is 1. The lowest BCUT2D eigenvalue weighted by Crippen LogP contribution is -2.17. The Morgan fingerprint density at radius 2 is 2.05 bits per heavy atom. The minimum absolute atomic E-state index is 0.0573. The third-order valence-electron chi connectivity index (χ3n) is 2.30. The summed E-state index contributed by atoms with van der Waals surface area (Å²) in [6, 6.07) is 3.51. The minimum Gasteiger partial charge on any atom is -0.480 e. The maximum absolute atomic E-state index is 12.1. The van der Waals surface area contributed by atoms with E-state index in [4.69, 9.17) is 10.5 Å². The van der Waals surface area contributed by atoms with Gasteiger partial charge < -0.3 is 20.5 Å². The molecule has 1 rings (SSSR count). The van der Waals surface area contributed by atoms with Gasteiger partial charge >= 0.3 is 6.36 Å². The fraction of sp³-hybridized carbons (Fsp3) is 0.231. The number of anilines is 2. The summed E-state index contributed by atoms with van der Waals surface area (Å²) in [5.74, 6) is 0.00408. The van der Waals surface area contributed by atoms with E-state index in [1.54, 1.807) is 13.0 Å². The van der Waals surface area contributed by atoms with E-state index in [1.165, 1.54) is 13.2 Å². The van der Waals surface area contributed by atoms with Crippen molar-refractivity contribution in [3.63, 3.8) is 0 Å². The highest BCUT2D eigenvalue weighted by Crippen LogP contribution is 2.29. The van der Waals surface area contributed by atoms with Crippen molar-refractivity contribution in [2.75, 3.05) is 18.2 Å². The van der Waals surface area contributed by atoms with Crippen LogP contribution < -0.4 is 15.8 Å². The van der Waals surface area contributed by atoms with E-state index in [-0.39, 0.29) is 11.6 Å². The van der Waals surface area contributed by atoms with Crippen LogP contribution in [0.15, 0.2) is 52.8 Å². The van der Waals surface area contributed by atoms with Crippen LogP contribution >= 0.6 is 0 Å². The first-order chi connectivity index (χ1) is 10.2. The van der Waals surface area contributed by atoms with Gasteiger partial charge in [-0.2, -0.15) is 0 Å². The summed E-state index contributed by atoms with van der Waals surface area (Å²) in [5.41, 5.74) is 6.08. The molecule has 0 aliphatic carbocycles. The van der Waals surface area contributed by atoms with Gasteiger partial charge in [0.25, 0.3) is 0 Å². The van der Waals surface area contributed by atoms with Crippen LogP contribution in [0.5, 0.6) is 5.75 Å². The largest absolute Gasteiger partial charge is 0.573 e. The van der Waals surface area contributed by atoms with Crippen molar-refractivity contribution < 1.29 is 22.6 Å². The lowest BCUT2D eigenvalue weighted by molar-refractivity contribution is -0.274. The number of allylic oxidation sites excluding steroid dienone is 1. The van der Waals surface area contributed by atoms with Crippen LogP contribution in [0.25, 0.3) is 0 Å². The molecule has 6 nitrogen and oxygen atoms in total.